The Bertz CT molecular complexity index is 3550. The zero-order chi connectivity index (χ0) is 39.5. The van der Waals surface area contributed by atoms with Crippen molar-refractivity contribution in [1.29, 1.82) is 0 Å². The van der Waals surface area contributed by atoms with E-state index in [-0.39, 0.29) is 5.56 Å². The third-order valence-electron chi connectivity index (χ3n) is 13.0. The second-order valence-corrected chi connectivity index (χ2v) is 16.0. The van der Waals surface area contributed by atoms with Crippen LogP contribution in [0.4, 0.5) is 17.1 Å². The van der Waals surface area contributed by atoms with Gasteiger partial charge in [0, 0.05) is 27.2 Å². The number of furan rings is 1. The van der Waals surface area contributed by atoms with Gasteiger partial charge in [-0.05, 0) is 111 Å². The van der Waals surface area contributed by atoms with Crippen molar-refractivity contribution in [3.63, 3.8) is 0 Å². The lowest BCUT2D eigenvalue weighted by Gasteiger charge is -2.49. The van der Waals surface area contributed by atoms with Gasteiger partial charge >= 0.3 is 0 Å². The van der Waals surface area contributed by atoms with E-state index in [4.69, 9.17) is 4.42 Å². The Morgan fingerprint density at radius 3 is 1.65 bits per heavy atom. The lowest BCUT2D eigenvalue weighted by molar-refractivity contribution is 0.669. The molecule has 0 saturated heterocycles. The lowest BCUT2D eigenvalue weighted by atomic mass is 9.60. The number of nitrogens with zero attached hydrogens (tertiary/aromatic N) is 2. The molecule has 4 nitrogen and oxygen atoms in total. The summed E-state index contributed by atoms with van der Waals surface area (Å²) in [5.41, 5.74) is 14.9. The van der Waals surface area contributed by atoms with Crippen LogP contribution in [-0.4, -0.2) is 4.57 Å². The van der Waals surface area contributed by atoms with E-state index in [1.807, 2.05) is 34.9 Å². The number of para-hydroxylation sites is 3. The normalized spacial score (nSPS) is 13.5. The van der Waals surface area contributed by atoms with Crippen LogP contribution in [0.3, 0.4) is 0 Å². The lowest BCUT2D eigenvalue weighted by Crippen LogP contribution is -2.42. The molecule has 0 amide bonds. The summed E-state index contributed by atoms with van der Waals surface area (Å²) in [7, 11) is 0. The van der Waals surface area contributed by atoms with Crippen LogP contribution in [0, 0.1) is 0 Å². The SMILES string of the molecule is O=c1c2ccccc2c2cccc3c2n1-c1ccccc1C31c2cc(-c3ccccc3)ccc2N(c2ccc3oc4ccccc4c3c2)c2ccc(-c3ccccc3)cc21. The highest BCUT2D eigenvalue weighted by Crippen LogP contribution is 2.62. The van der Waals surface area contributed by atoms with Crippen LogP contribution in [0.5, 0.6) is 0 Å². The van der Waals surface area contributed by atoms with Crippen molar-refractivity contribution in [2.24, 2.45) is 0 Å². The highest BCUT2D eigenvalue weighted by atomic mass is 16.3. The molecule has 9 aromatic carbocycles. The molecule has 0 N–H and O–H groups in total. The Balaban J connectivity index is 1.23. The Morgan fingerprint density at radius 1 is 0.367 bits per heavy atom. The molecule has 2 aromatic heterocycles. The second kappa shape index (κ2) is 12.3. The van der Waals surface area contributed by atoms with E-state index in [0.29, 0.717) is 5.39 Å². The average Bonchev–Trinajstić information content (AvgIpc) is 3.69. The maximum Gasteiger partial charge on any atom is 0.263 e. The van der Waals surface area contributed by atoms with Gasteiger partial charge in [0.2, 0.25) is 0 Å². The van der Waals surface area contributed by atoms with Crippen molar-refractivity contribution in [3.8, 4) is 27.9 Å². The van der Waals surface area contributed by atoms with Crippen LogP contribution < -0.4 is 10.5 Å². The van der Waals surface area contributed by atoms with E-state index in [9.17, 15) is 4.79 Å². The summed E-state index contributed by atoms with van der Waals surface area (Å²) in [4.78, 5) is 17.4. The maximum atomic E-state index is 14.9. The molecule has 60 heavy (non-hydrogen) atoms. The van der Waals surface area contributed by atoms with Gasteiger partial charge in [0.1, 0.15) is 11.2 Å². The predicted octanol–water partition coefficient (Wildman–Crippen LogP) is 13.9. The summed E-state index contributed by atoms with van der Waals surface area (Å²) in [6, 6.07) is 73.3. The minimum absolute atomic E-state index is 0.0116. The minimum Gasteiger partial charge on any atom is -0.456 e. The number of hydrogen-bond donors (Lipinski definition) is 0. The monoisotopic (exact) mass is 766 g/mol. The molecule has 280 valence electrons. The van der Waals surface area contributed by atoms with Crippen molar-refractivity contribution in [1.82, 2.24) is 4.57 Å². The Labute approximate surface area is 345 Å². The zero-order valence-corrected chi connectivity index (χ0v) is 32.3. The van der Waals surface area contributed by atoms with E-state index in [0.717, 1.165) is 105 Å². The van der Waals surface area contributed by atoms with Crippen molar-refractivity contribution < 1.29 is 4.42 Å². The molecule has 0 radical (unpaired) electrons. The van der Waals surface area contributed by atoms with Gasteiger partial charge in [-0.15, -0.1) is 0 Å². The van der Waals surface area contributed by atoms with Crippen LogP contribution in [0.2, 0.25) is 0 Å². The molecule has 13 rings (SSSR count). The molecular formula is C56H34N2O2. The van der Waals surface area contributed by atoms with Gasteiger partial charge in [0.25, 0.3) is 5.56 Å². The number of aromatic nitrogens is 1. The van der Waals surface area contributed by atoms with E-state index < -0.39 is 5.41 Å². The Morgan fingerprint density at radius 2 is 0.933 bits per heavy atom. The summed E-state index contributed by atoms with van der Waals surface area (Å²) >= 11 is 0. The number of anilines is 3. The first-order valence-corrected chi connectivity index (χ1v) is 20.5. The van der Waals surface area contributed by atoms with E-state index >= 15 is 0 Å². The van der Waals surface area contributed by atoms with Gasteiger partial charge in [0.15, 0.2) is 0 Å². The number of pyridine rings is 1. The highest BCUT2D eigenvalue weighted by Gasteiger charge is 2.51. The van der Waals surface area contributed by atoms with E-state index in [2.05, 4.69) is 181 Å². The molecule has 4 heterocycles. The zero-order valence-electron chi connectivity index (χ0n) is 32.3. The van der Waals surface area contributed by atoms with Crippen LogP contribution in [-0.2, 0) is 5.41 Å². The standard InChI is InChI=1S/C56H34N2O2/c59-55-43-20-8-7-18-40(43)42-21-13-23-46-54(42)58(55)49-24-11-10-22-45(49)56(46)47-32-37(35-14-3-1-4-15-35)26-29-50(47)57(51-30-27-38(33-48(51)56)36-16-5-2-6-17-36)39-28-31-53-44(34-39)41-19-9-12-25-52(41)60-53/h1-34H. The van der Waals surface area contributed by atoms with Crippen molar-refractivity contribution in [2.45, 2.75) is 5.41 Å². The van der Waals surface area contributed by atoms with Crippen LogP contribution in [0.25, 0.3) is 71.6 Å². The summed E-state index contributed by atoms with van der Waals surface area (Å²) in [5, 5.41) is 4.88. The quantitative estimate of drug-likeness (QED) is 0.168. The molecular weight excluding hydrogens is 733 g/mol. The highest BCUT2D eigenvalue weighted by molar-refractivity contribution is 6.10. The molecule has 1 spiro atoms. The van der Waals surface area contributed by atoms with Crippen LogP contribution in [0.15, 0.2) is 215 Å². The second-order valence-electron chi connectivity index (χ2n) is 16.0. The topological polar surface area (TPSA) is 38.4 Å². The van der Waals surface area contributed by atoms with E-state index in [1.165, 1.54) is 0 Å². The third-order valence-corrected chi connectivity index (χ3v) is 13.0. The molecule has 0 fully saturated rings. The molecule has 2 aliphatic heterocycles. The molecule has 11 aromatic rings. The molecule has 0 saturated carbocycles. The number of rotatable bonds is 3. The Kier molecular flexibility index (Phi) is 6.77. The van der Waals surface area contributed by atoms with Crippen molar-refractivity contribution in [2.75, 3.05) is 4.90 Å². The molecule has 0 bridgehead atoms. The number of fused-ring (bicyclic) bond motifs is 13. The molecule has 0 unspecified atom stereocenters. The van der Waals surface area contributed by atoms with Gasteiger partial charge in [-0.25, -0.2) is 0 Å². The fraction of sp³-hybridized carbons (Fsp3) is 0.0179. The summed E-state index contributed by atoms with van der Waals surface area (Å²) in [6.07, 6.45) is 0. The predicted molar refractivity (Wildman–Crippen MR) is 245 cm³/mol. The van der Waals surface area contributed by atoms with Crippen molar-refractivity contribution >= 4 is 60.7 Å². The average molecular weight is 767 g/mol. The fourth-order valence-electron chi connectivity index (χ4n) is 10.5. The first-order chi connectivity index (χ1) is 29.7. The molecule has 4 heteroatoms. The minimum atomic E-state index is -0.839. The Hall–Kier alpha value is -7.95. The summed E-state index contributed by atoms with van der Waals surface area (Å²) in [6.45, 7) is 0. The molecule has 0 atom stereocenters. The van der Waals surface area contributed by atoms with E-state index in [1.54, 1.807) is 0 Å². The van der Waals surface area contributed by atoms with Gasteiger partial charge in [-0.2, -0.15) is 0 Å². The summed E-state index contributed by atoms with van der Waals surface area (Å²) in [5.74, 6) is 0. The van der Waals surface area contributed by atoms with Gasteiger partial charge in [-0.3, -0.25) is 9.36 Å². The van der Waals surface area contributed by atoms with Gasteiger partial charge in [-0.1, -0.05) is 146 Å². The van der Waals surface area contributed by atoms with Crippen LogP contribution in [0.1, 0.15) is 22.3 Å². The van der Waals surface area contributed by atoms with Crippen LogP contribution >= 0.6 is 0 Å². The number of hydrogen-bond acceptors (Lipinski definition) is 3. The van der Waals surface area contributed by atoms with Gasteiger partial charge < -0.3 is 9.32 Å². The third kappa shape index (κ3) is 4.37. The number of benzene rings is 9. The van der Waals surface area contributed by atoms with Gasteiger partial charge in [0.05, 0.1) is 28.0 Å². The van der Waals surface area contributed by atoms with Crippen molar-refractivity contribution in [3.05, 3.63) is 239 Å². The molecule has 0 aliphatic carbocycles. The first-order valence-electron chi connectivity index (χ1n) is 20.5. The molecule has 2 aliphatic rings. The fourth-order valence-corrected chi connectivity index (χ4v) is 10.5. The maximum absolute atomic E-state index is 14.9. The smallest absolute Gasteiger partial charge is 0.263 e. The summed E-state index contributed by atoms with van der Waals surface area (Å²) < 4.78 is 8.34. The largest absolute Gasteiger partial charge is 0.456 e. The first kappa shape index (κ1) is 33.1.